The Labute approximate surface area is 139 Å². The number of rotatable bonds is 10. The highest BCUT2D eigenvalue weighted by Crippen LogP contribution is 2.23. The number of pyridine rings is 1. The van der Waals surface area contributed by atoms with E-state index in [1.165, 1.54) is 0 Å². The largest absolute Gasteiger partial charge is 0.477 e. The molecular weight excluding hydrogens is 292 g/mol. The number of hydrogen-bond acceptors (Lipinski definition) is 4. The van der Waals surface area contributed by atoms with Crippen LogP contribution in [0.2, 0.25) is 0 Å². The summed E-state index contributed by atoms with van der Waals surface area (Å²) in [5, 5.41) is 2.90. The van der Waals surface area contributed by atoms with Gasteiger partial charge in [-0.3, -0.25) is 4.79 Å². The van der Waals surface area contributed by atoms with Crippen molar-refractivity contribution < 1.29 is 14.3 Å². The van der Waals surface area contributed by atoms with E-state index in [0.717, 1.165) is 31.2 Å². The Morgan fingerprint density at radius 1 is 1.30 bits per heavy atom. The summed E-state index contributed by atoms with van der Waals surface area (Å²) in [5.41, 5.74) is 0.752. The van der Waals surface area contributed by atoms with Crippen LogP contribution >= 0.6 is 0 Å². The van der Waals surface area contributed by atoms with Crippen molar-refractivity contribution in [1.29, 1.82) is 0 Å². The van der Waals surface area contributed by atoms with Crippen molar-refractivity contribution >= 4 is 11.6 Å². The van der Waals surface area contributed by atoms with Crippen molar-refractivity contribution in [3.63, 3.8) is 0 Å². The van der Waals surface area contributed by atoms with Crippen molar-refractivity contribution in [2.75, 3.05) is 19.0 Å². The highest BCUT2D eigenvalue weighted by Gasteiger charge is 2.32. The molecule has 0 unspecified atom stereocenters. The van der Waals surface area contributed by atoms with Crippen molar-refractivity contribution in [3.8, 4) is 5.88 Å². The van der Waals surface area contributed by atoms with Gasteiger partial charge in [-0.05, 0) is 32.8 Å². The normalized spacial score (nSPS) is 13.4. The fourth-order valence-electron chi connectivity index (χ4n) is 2.18. The van der Waals surface area contributed by atoms with E-state index in [2.05, 4.69) is 24.1 Å². The first-order valence-electron chi connectivity index (χ1n) is 8.42. The minimum atomic E-state index is -0.819. The molecule has 23 heavy (non-hydrogen) atoms. The molecule has 0 aliphatic rings. The molecule has 0 aromatic carbocycles. The number of unbranched alkanes of at least 4 members (excludes halogenated alkanes) is 2. The average Bonchev–Trinajstić information content (AvgIpc) is 2.54. The fourth-order valence-corrected chi connectivity index (χ4v) is 2.18. The van der Waals surface area contributed by atoms with E-state index in [9.17, 15) is 4.79 Å². The number of aromatic nitrogens is 1. The Hall–Kier alpha value is -1.62. The van der Waals surface area contributed by atoms with Crippen LogP contribution in [-0.4, -0.2) is 30.2 Å². The van der Waals surface area contributed by atoms with Gasteiger partial charge in [-0.15, -0.1) is 0 Å². The lowest BCUT2D eigenvalue weighted by Crippen LogP contribution is -2.42. The molecule has 1 rings (SSSR count). The van der Waals surface area contributed by atoms with Gasteiger partial charge in [0.15, 0.2) is 0 Å². The number of nitrogens with one attached hydrogen (secondary N) is 1. The summed E-state index contributed by atoms with van der Waals surface area (Å²) in [7, 11) is 1.57. The van der Waals surface area contributed by atoms with Gasteiger partial charge in [0.05, 0.1) is 18.5 Å². The van der Waals surface area contributed by atoms with Crippen LogP contribution in [0.4, 0.5) is 5.69 Å². The molecule has 0 radical (unpaired) electrons. The molecule has 5 heteroatoms. The Morgan fingerprint density at radius 3 is 2.57 bits per heavy atom. The Kier molecular flexibility index (Phi) is 8.03. The zero-order chi connectivity index (χ0) is 17.3. The van der Waals surface area contributed by atoms with Crippen LogP contribution < -0.4 is 10.1 Å². The van der Waals surface area contributed by atoms with Gasteiger partial charge in [0, 0.05) is 12.7 Å². The van der Waals surface area contributed by atoms with Crippen LogP contribution in [0.15, 0.2) is 12.3 Å². The first kappa shape index (κ1) is 19.4. The standard InChI is InChI=1S/C18H30N2O3/c1-6-8-10-18(4,22-5)17(21)20-15-12-14(3)16(19-13-15)23-11-9-7-2/h12-13H,6-11H2,1-5H3,(H,20,21)/t18-/m1/s1. The lowest BCUT2D eigenvalue weighted by Gasteiger charge is -2.26. The maximum absolute atomic E-state index is 12.5. The smallest absolute Gasteiger partial charge is 0.256 e. The van der Waals surface area contributed by atoms with Crippen molar-refractivity contribution in [2.45, 2.75) is 65.4 Å². The summed E-state index contributed by atoms with van der Waals surface area (Å²) >= 11 is 0. The van der Waals surface area contributed by atoms with Gasteiger partial charge >= 0.3 is 0 Å². The van der Waals surface area contributed by atoms with E-state index in [1.807, 2.05) is 19.9 Å². The highest BCUT2D eigenvalue weighted by atomic mass is 16.5. The third kappa shape index (κ3) is 5.82. The zero-order valence-corrected chi connectivity index (χ0v) is 15.1. The molecule has 1 aromatic heterocycles. The van der Waals surface area contributed by atoms with Gasteiger partial charge in [0.2, 0.25) is 5.88 Å². The lowest BCUT2D eigenvalue weighted by molar-refractivity contribution is -0.136. The summed E-state index contributed by atoms with van der Waals surface area (Å²) in [6.45, 7) is 8.62. The molecule has 1 aromatic rings. The Balaban J connectivity index is 2.72. The molecular formula is C18H30N2O3. The Bertz CT molecular complexity index is 505. The molecule has 0 bridgehead atoms. The van der Waals surface area contributed by atoms with Crippen LogP contribution in [0.5, 0.6) is 5.88 Å². The highest BCUT2D eigenvalue weighted by molar-refractivity contribution is 5.97. The van der Waals surface area contributed by atoms with Crippen LogP contribution in [0, 0.1) is 6.92 Å². The number of aryl methyl sites for hydroxylation is 1. The van der Waals surface area contributed by atoms with Crippen LogP contribution in [-0.2, 0) is 9.53 Å². The summed E-state index contributed by atoms with van der Waals surface area (Å²) in [6.07, 6.45) is 6.37. The van der Waals surface area contributed by atoms with Gasteiger partial charge in [0.1, 0.15) is 5.60 Å². The number of methoxy groups -OCH3 is 1. The average molecular weight is 322 g/mol. The number of ether oxygens (including phenoxy) is 2. The van der Waals surface area contributed by atoms with Gasteiger partial charge in [-0.1, -0.05) is 33.1 Å². The third-order valence-electron chi connectivity index (χ3n) is 3.96. The maximum atomic E-state index is 12.5. The van der Waals surface area contributed by atoms with Crippen LogP contribution in [0.1, 0.15) is 58.4 Å². The number of hydrogen-bond donors (Lipinski definition) is 1. The van der Waals surface area contributed by atoms with E-state index in [1.54, 1.807) is 13.3 Å². The lowest BCUT2D eigenvalue weighted by atomic mass is 9.97. The van der Waals surface area contributed by atoms with E-state index in [-0.39, 0.29) is 5.91 Å². The number of anilines is 1. The second kappa shape index (κ2) is 9.50. The molecule has 1 amide bonds. The van der Waals surface area contributed by atoms with E-state index >= 15 is 0 Å². The molecule has 1 N–H and O–H groups in total. The summed E-state index contributed by atoms with van der Waals surface area (Å²) < 4.78 is 11.1. The van der Waals surface area contributed by atoms with Crippen molar-refractivity contribution in [2.24, 2.45) is 0 Å². The fraction of sp³-hybridized carbons (Fsp3) is 0.667. The number of carbonyl (C=O) groups excluding carboxylic acids is 1. The molecule has 0 aliphatic carbocycles. The second-order valence-corrected chi connectivity index (χ2v) is 6.04. The van der Waals surface area contributed by atoms with E-state index in [4.69, 9.17) is 9.47 Å². The molecule has 0 saturated heterocycles. The monoisotopic (exact) mass is 322 g/mol. The van der Waals surface area contributed by atoms with E-state index in [0.29, 0.717) is 24.6 Å². The van der Waals surface area contributed by atoms with Gasteiger partial charge in [-0.2, -0.15) is 0 Å². The van der Waals surface area contributed by atoms with Crippen molar-refractivity contribution in [3.05, 3.63) is 17.8 Å². The van der Waals surface area contributed by atoms with Crippen LogP contribution in [0.3, 0.4) is 0 Å². The zero-order valence-electron chi connectivity index (χ0n) is 15.1. The maximum Gasteiger partial charge on any atom is 0.256 e. The van der Waals surface area contributed by atoms with Gasteiger partial charge < -0.3 is 14.8 Å². The molecule has 5 nitrogen and oxygen atoms in total. The van der Waals surface area contributed by atoms with Crippen molar-refractivity contribution in [1.82, 2.24) is 4.98 Å². The Morgan fingerprint density at radius 2 is 2.00 bits per heavy atom. The first-order chi connectivity index (χ1) is 11.0. The molecule has 1 atom stereocenters. The summed E-state index contributed by atoms with van der Waals surface area (Å²) in [5.74, 6) is 0.478. The van der Waals surface area contributed by atoms with Crippen LogP contribution in [0.25, 0.3) is 0 Å². The number of amides is 1. The predicted molar refractivity (Wildman–Crippen MR) is 92.9 cm³/mol. The molecule has 1 heterocycles. The number of nitrogens with zero attached hydrogens (tertiary/aromatic N) is 1. The summed E-state index contributed by atoms with van der Waals surface area (Å²) in [4.78, 5) is 16.8. The minimum absolute atomic E-state index is 0.144. The molecule has 130 valence electrons. The SMILES string of the molecule is CCCCOc1ncc(NC(=O)[C@@](C)(CCCC)OC)cc1C. The van der Waals surface area contributed by atoms with Gasteiger partial charge in [0.25, 0.3) is 5.91 Å². The van der Waals surface area contributed by atoms with E-state index < -0.39 is 5.60 Å². The molecule has 0 saturated carbocycles. The van der Waals surface area contributed by atoms with Gasteiger partial charge in [-0.25, -0.2) is 4.98 Å². The molecule has 0 aliphatic heterocycles. The molecule has 0 spiro atoms. The predicted octanol–water partition coefficient (Wildman–Crippen LogP) is 4.10. The third-order valence-corrected chi connectivity index (χ3v) is 3.96. The second-order valence-electron chi connectivity index (χ2n) is 6.04. The summed E-state index contributed by atoms with van der Waals surface area (Å²) in [6, 6.07) is 1.88. The number of carbonyl (C=O) groups is 1. The quantitative estimate of drug-likeness (QED) is 0.659. The topological polar surface area (TPSA) is 60.5 Å². The molecule has 0 fully saturated rings. The minimum Gasteiger partial charge on any atom is -0.477 e. The first-order valence-corrected chi connectivity index (χ1v) is 8.42.